The minimum Gasteiger partial charge on any atom is -0.490 e. The number of rotatable bonds is 7. The molecule has 0 aliphatic heterocycles. The monoisotopic (exact) mass is 332 g/mol. The van der Waals surface area contributed by atoms with Gasteiger partial charge in [0.05, 0.1) is 5.56 Å². The Morgan fingerprint density at radius 3 is 2.39 bits per heavy atom. The average molecular weight is 333 g/mol. The standard InChI is InChI=1S/C19H21ClO3/c1-13(2)17-6-4-14(3)10-19(17)23-9-8-22-18-7-5-16(20)11-15(18)12-21/h4-7,10-13H,8-9H2,1-3H3. The molecule has 0 aromatic heterocycles. The molecule has 0 atom stereocenters. The van der Waals surface area contributed by atoms with Crippen LogP contribution in [0.5, 0.6) is 11.5 Å². The fourth-order valence-corrected chi connectivity index (χ4v) is 2.47. The molecule has 3 nitrogen and oxygen atoms in total. The molecule has 4 heteroatoms. The number of hydrogen-bond acceptors (Lipinski definition) is 3. The van der Waals surface area contributed by atoms with Crippen LogP contribution in [0.3, 0.4) is 0 Å². The molecule has 0 N–H and O–H groups in total. The Hall–Kier alpha value is -2.00. The van der Waals surface area contributed by atoms with E-state index >= 15 is 0 Å². The van der Waals surface area contributed by atoms with E-state index in [9.17, 15) is 4.79 Å². The summed E-state index contributed by atoms with van der Waals surface area (Å²) in [5, 5.41) is 0.511. The van der Waals surface area contributed by atoms with Crippen LogP contribution < -0.4 is 9.47 Å². The fraction of sp³-hybridized carbons (Fsp3) is 0.316. The van der Waals surface area contributed by atoms with Gasteiger partial charge in [0.1, 0.15) is 24.7 Å². The van der Waals surface area contributed by atoms with Crippen LogP contribution in [0, 0.1) is 6.92 Å². The van der Waals surface area contributed by atoms with Gasteiger partial charge in [-0.05, 0) is 48.2 Å². The summed E-state index contributed by atoms with van der Waals surface area (Å²) < 4.78 is 11.5. The number of carbonyl (C=O) groups is 1. The van der Waals surface area contributed by atoms with Crippen LogP contribution in [-0.2, 0) is 0 Å². The van der Waals surface area contributed by atoms with E-state index in [1.165, 1.54) is 5.56 Å². The van der Waals surface area contributed by atoms with Gasteiger partial charge in [0, 0.05) is 5.02 Å². The summed E-state index contributed by atoms with van der Waals surface area (Å²) in [4.78, 5) is 11.0. The molecule has 0 amide bonds. The summed E-state index contributed by atoms with van der Waals surface area (Å²) >= 11 is 5.86. The summed E-state index contributed by atoms with van der Waals surface area (Å²) in [7, 11) is 0. The maximum atomic E-state index is 11.0. The summed E-state index contributed by atoms with van der Waals surface area (Å²) in [5.41, 5.74) is 2.78. The molecule has 23 heavy (non-hydrogen) atoms. The lowest BCUT2D eigenvalue weighted by Crippen LogP contribution is -2.11. The zero-order valence-corrected chi connectivity index (χ0v) is 14.4. The first-order valence-electron chi connectivity index (χ1n) is 7.62. The lowest BCUT2D eigenvalue weighted by molar-refractivity contribution is 0.111. The van der Waals surface area contributed by atoms with Crippen LogP contribution in [0.15, 0.2) is 36.4 Å². The van der Waals surface area contributed by atoms with Crippen molar-refractivity contribution in [3.8, 4) is 11.5 Å². The normalized spacial score (nSPS) is 10.7. The largest absolute Gasteiger partial charge is 0.490 e. The molecule has 0 unspecified atom stereocenters. The number of benzene rings is 2. The molecule has 0 saturated heterocycles. The number of aryl methyl sites for hydroxylation is 1. The van der Waals surface area contributed by atoms with Crippen molar-refractivity contribution < 1.29 is 14.3 Å². The van der Waals surface area contributed by atoms with Crippen molar-refractivity contribution >= 4 is 17.9 Å². The highest BCUT2D eigenvalue weighted by Crippen LogP contribution is 2.27. The lowest BCUT2D eigenvalue weighted by atomic mass is 10.0. The van der Waals surface area contributed by atoms with Crippen LogP contribution in [-0.4, -0.2) is 19.5 Å². The van der Waals surface area contributed by atoms with E-state index < -0.39 is 0 Å². The Morgan fingerprint density at radius 2 is 1.74 bits per heavy atom. The van der Waals surface area contributed by atoms with Crippen molar-refractivity contribution in [3.05, 3.63) is 58.1 Å². The van der Waals surface area contributed by atoms with Crippen LogP contribution in [0.1, 0.15) is 41.3 Å². The number of ether oxygens (including phenoxy) is 2. The van der Waals surface area contributed by atoms with E-state index in [-0.39, 0.29) is 0 Å². The second-order valence-corrected chi connectivity index (χ2v) is 6.13. The first kappa shape index (κ1) is 17.4. The highest BCUT2D eigenvalue weighted by molar-refractivity contribution is 6.30. The van der Waals surface area contributed by atoms with Gasteiger partial charge in [-0.2, -0.15) is 0 Å². The Labute approximate surface area is 142 Å². The van der Waals surface area contributed by atoms with Gasteiger partial charge in [0.2, 0.25) is 0 Å². The topological polar surface area (TPSA) is 35.5 Å². The van der Waals surface area contributed by atoms with Crippen LogP contribution in [0.25, 0.3) is 0 Å². The third kappa shape index (κ3) is 4.73. The maximum absolute atomic E-state index is 11.0. The molecule has 0 saturated carbocycles. The van der Waals surface area contributed by atoms with Crippen molar-refractivity contribution in [3.63, 3.8) is 0 Å². The van der Waals surface area contributed by atoms with E-state index in [0.717, 1.165) is 17.6 Å². The number of aldehydes is 1. The molecule has 0 radical (unpaired) electrons. The van der Waals surface area contributed by atoms with E-state index in [1.807, 2.05) is 13.0 Å². The molecule has 0 fully saturated rings. The van der Waals surface area contributed by atoms with Crippen molar-refractivity contribution in [1.82, 2.24) is 0 Å². The molecular weight excluding hydrogens is 312 g/mol. The van der Waals surface area contributed by atoms with Crippen molar-refractivity contribution in [2.24, 2.45) is 0 Å². The first-order chi connectivity index (χ1) is 11.0. The first-order valence-corrected chi connectivity index (χ1v) is 8.00. The predicted octanol–water partition coefficient (Wildman–Crippen LogP) is 5.04. The minimum absolute atomic E-state index is 0.355. The Kier molecular flexibility index (Phi) is 6.05. The second-order valence-electron chi connectivity index (χ2n) is 5.69. The average Bonchev–Trinajstić information content (AvgIpc) is 2.52. The van der Waals surface area contributed by atoms with Crippen LogP contribution >= 0.6 is 11.6 Å². The van der Waals surface area contributed by atoms with Gasteiger partial charge >= 0.3 is 0 Å². The maximum Gasteiger partial charge on any atom is 0.153 e. The molecule has 0 heterocycles. The van der Waals surface area contributed by atoms with E-state index in [1.54, 1.807) is 18.2 Å². The van der Waals surface area contributed by atoms with Crippen molar-refractivity contribution in [1.29, 1.82) is 0 Å². The molecule has 0 bridgehead atoms. The SMILES string of the molecule is Cc1ccc(C(C)C)c(OCCOc2ccc(Cl)cc2C=O)c1. The molecule has 2 rings (SSSR count). The van der Waals surface area contributed by atoms with Crippen LogP contribution in [0.4, 0.5) is 0 Å². The number of halogens is 1. The van der Waals surface area contributed by atoms with E-state index in [0.29, 0.717) is 35.5 Å². The van der Waals surface area contributed by atoms with Gasteiger partial charge in [-0.25, -0.2) is 0 Å². The fourth-order valence-electron chi connectivity index (χ4n) is 2.29. The highest BCUT2D eigenvalue weighted by Gasteiger charge is 2.09. The highest BCUT2D eigenvalue weighted by atomic mass is 35.5. The molecule has 2 aromatic carbocycles. The summed E-state index contributed by atoms with van der Waals surface area (Å²) in [6, 6.07) is 11.2. The third-order valence-electron chi connectivity index (χ3n) is 3.49. The Bertz CT molecular complexity index is 680. The summed E-state index contributed by atoms with van der Waals surface area (Å²) in [6.07, 6.45) is 0.736. The lowest BCUT2D eigenvalue weighted by Gasteiger charge is -2.15. The van der Waals surface area contributed by atoms with Gasteiger partial charge < -0.3 is 9.47 Å². The van der Waals surface area contributed by atoms with Crippen molar-refractivity contribution in [2.75, 3.05) is 13.2 Å². The zero-order chi connectivity index (χ0) is 16.8. The Balaban J connectivity index is 1.96. The van der Waals surface area contributed by atoms with E-state index in [4.69, 9.17) is 21.1 Å². The van der Waals surface area contributed by atoms with Gasteiger partial charge in [0.15, 0.2) is 6.29 Å². The molecular formula is C19H21ClO3. The second kappa shape index (κ2) is 8.02. The van der Waals surface area contributed by atoms with E-state index in [2.05, 4.69) is 26.0 Å². The van der Waals surface area contributed by atoms with Gasteiger partial charge in [0.25, 0.3) is 0 Å². The Morgan fingerprint density at radius 1 is 1.04 bits per heavy atom. The number of hydrogen-bond donors (Lipinski definition) is 0. The molecule has 0 spiro atoms. The quantitative estimate of drug-likeness (QED) is 0.526. The van der Waals surface area contributed by atoms with Crippen molar-refractivity contribution in [2.45, 2.75) is 26.7 Å². The molecule has 0 aliphatic rings. The zero-order valence-electron chi connectivity index (χ0n) is 13.6. The summed E-state index contributed by atoms with van der Waals surface area (Å²) in [5.74, 6) is 1.79. The molecule has 122 valence electrons. The van der Waals surface area contributed by atoms with Gasteiger partial charge in [-0.3, -0.25) is 4.79 Å². The van der Waals surface area contributed by atoms with Gasteiger partial charge in [-0.1, -0.05) is 37.6 Å². The minimum atomic E-state index is 0.355. The smallest absolute Gasteiger partial charge is 0.153 e. The summed E-state index contributed by atoms with van der Waals surface area (Å²) in [6.45, 7) is 7.08. The third-order valence-corrected chi connectivity index (χ3v) is 3.72. The number of carbonyl (C=O) groups excluding carboxylic acids is 1. The predicted molar refractivity (Wildman–Crippen MR) is 93.1 cm³/mol. The van der Waals surface area contributed by atoms with Crippen LogP contribution in [0.2, 0.25) is 5.02 Å². The molecule has 2 aromatic rings. The molecule has 0 aliphatic carbocycles. The van der Waals surface area contributed by atoms with Gasteiger partial charge in [-0.15, -0.1) is 0 Å².